The molecule has 1 amide bonds. The number of ether oxygens (including phenoxy) is 1. The maximum atomic E-state index is 12.3. The van der Waals surface area contributed by atoms with Crippen LogP contribution in [0.1, 0.15) is 29.3 Å². The first kappa shape index (κ1) is 18.9. The topological polar surface area (TPSA) is 75.6 Å². The quantitative estimate of drug-likeness (QED) is 0.661. The van der Waals surface area contributed by atoms with Crippen molar-refractivity contribution < 1.29 is 19.4 Å². The number of aliphatic carboxylic acids is 1. The standard InChI is InChI=1S/C19H21NO4S/c1-2-24-17-8-6-15(7-9-17)19(23)20-16-5-3-4-14(12-16)13-25-11-10-18(21)22/h3-9,12H,2,10-11,13H2,1H3,(H,20,23)(H,21,22). The summed E-state index contributed by atoms with van der Waals surface area (Å²) >= 11 is 1.56. The Labute approximate surface area is 151 Å². The molecule has 0 heterocycles. The van der Waals surface area contributed by atoms with Gasteiger partial charge in [0.1, 0.15) is 5.75 Å². The fourth-order valence-electron chi connectivity index (χ4n) is 2.16. The third-order valence-electron chi connectivity index (χ3n) is 3.34. The number of amides is 1. The van der Waals surface area contributed by atoms with Crippen LogP contribution in [0.3, 0.4) is 0 Å². The highest BCUT2D eigenvalue weighted by molar-refractivity contribution is 7.98. The maximum Gasteiger partial charge on any atom is 0.304 e. The number of hydrogen-bond donors (Lipinski definition) is 2. The fraction of sp³-hybridized carbons (Fsp3) is 0.263. The van der Waals surface area contributed by atoms with Gasteiger partial charge in [0, 0.05) is 22.8 Å². The smallest absolute Gasteiger partial charge is 0.304 e. The molecule has 0 atom stereocenters. The molecule has 0 aliphatic heterocycles. The fourth-order valence-corrected chi connectivity index (χ4v) is 3.04. The molecule has 2 aromatic carbocycles. The first-order valence-electron chi connectivity index (χ1n) is 8.01. The largest absolute Gasteiger partial charge is 0.494 e. The maximum absolute atomic E-state index is 12.3. The number of rotatable bonds is 9. The van der Waals surface area contributed by atoms with Crippen LogP contribution in [0.5, 0.6) is 5.75 Å². The van der Waals surface area contributed by atoms with Gasteiger partial charge in [0.05, 0.1) is 13.0 Å². The summed E-state index contributed by atoms with van der Waals surface area (Å²) in [5.74, 6) is 1.04. The van der Waals surface area contributed by atoms with Crippen LogP contribution in [0.2, 0.25) is 0 Å². The number of nitrogens with one attached hydrogen (secondary N) is 1. The van der Waals surface area contributed by atoms with Crippen LogP contribution in [0.4, 0.5) is 5.69 Å². The average molecular weight is 359 g/mol. The van der Waals surface area contributed by atoms with Gasteiger partial charge in [-0.15, -0.1) is 0 Å². The zero-order valence-electron chi connectivity index (χ0n) is 14.0. The molecular formula is C19H21NO4S. The molecule has 2 rings (SSSR count). The lowest BCUT2D eigenvalue weighted by Gasteiger charge is -2.08. The van der Waals surface area contributed by atoms with E-state index < -0.39 is 5.97 Å². The molecule has 0 saturated heterocycles. The van der Waals surface area contributed by atoms with Crippen molar-refractivity contribution in [3.63, 3.8) is 0 Å². The first-order chi connectivity index (χ1) is 12.1. The van der Waals surface area contributed by atoms with Gasteiger partial charge in [-0.2, -0.15) is 11.8 Å². The van der Waals surface area contributed by atoms with E-state index >= 15 is 0 Å². The third-order valence-corrected chi connectivity index (χ3v) is 4.37. The van der Waals surface area contributed by atoms with Gasteiger partial charge in [-0.05, 0) is 48.9 Å². The van der Waals surface area contributed by atoms with Crippen LogP contribution in [0, 0.1) is 0 Å². The summed E-state index contributed by atoms with van der Waals surface area (Å²) in [6.07, 6.45) is 0.152. The number of hydrogen-bond acceptors (Lipinski definition) is 4. The summed E-state index contributed by atoms with van der Waals surface area (Å²) in [6.45, 7) is 2.50. The molecule has 0 aliphatic carbocycles. The van der Waals surface area contributed by atoms with E-state index in [1.54, 1.807) is 36.0 Å². The zero-order valence-corrected chi connectivity index (χ0v) is 14.8. The molecule has 6 heteroatoms. The van der Waals surface area contributed by atoms with Crippen LogP contribution < -0.4 is 10.1 Å². The number of thioether (sulfide) groups is 1. The minimum Gasteiger partial charge on any atom is -0.494 e. The summed E-state index contributed by atoms with van der Waals surface area (Å²) in [5.41, 5.74) is 2.32. The van der Waals surface area contributed by atoms with E-state index in [1.807, 2.05) is 31.2 Å². The summed E-state index contributed by atoms with van der Waals surface area (Å²) in [6, 6.07) is 14.6. The van der Waals surface area contributed by atoms with E-state index in [4.69, 9.17) is 9.84 Å². The van der Waals surface area contributed by atoms with Crippen molar-refractivity contribution in [2.24, 2.45) is 0 Å². The molecular weight excluding hydrogens is 338 g/mol. The highest BCUT2D eigenvalue weighted by atomic mass is 32.2. The van der Waals surface area contributed by atoms with Gasteiger partial charge >= 0.3 is 5.97 Å². The monoisotopic (exact) mass is 359 g/mol. The number of carboxylic acids is 1. The van der Waals surface area contributed by atoms with Crippen molar-refractivity contribution in [2.45, 2.75) is 19.1 Å². The van der Waals surface area contributed by atoms with Crippen molar-refractivity contribution >= 4 is 29.3 Å². The summed E-state index contributed by atoms with van der Waals surface area (Å²) in [7, 11) is 0. The van der Waals surface area contributed by atoms with E-state index in [9.17, 15) is 9.59 Å². The molecule has 0 aliphatic rings. The molecule has 0 saturated carbocycles. The molecule has 0 fully saturated rings. The zero-order chi connectivity index (χ0) is 18.1. The van der Waals surface area contributed by atoms with Gasteiger partial charge in [0.2, 0.25) is 0 Å². The second-order valence-electron chi connectivity index (χ2n) is 5.31. The minimum atomic E-state index is -0.788. The normalized spacial score (nSPS) is 10.3. The van der Waals surface area contributed by atoms with Crippen LogP contribution in [0.15, 0.2) is 48.5 Å². The Morgan fingerprint density at radius 1 is 1.16 bits per heavy atom. The Hall–Kier alpha value is -2.47. The minimum absolute atomic E-state index is 0.152. The summed E-state index contributed by atoms with van der Waals surface area (Å²) in [4.78, 5) is 22.8. The molecule has 0 bridgehead atoms. The van der Waals surface area contributed by atoms with Crippen LogP contribution in [-0.2, 0) is 10.5 Å². The highest BCUT2D eigenvalue weighted by Gasteiger charge is 2.07. The SMILES string of the molecule is CCOc1ccc(C(=O)Nc2cccc(CSCCC(=O)O)c2)cc1. The van der Waals surface area contributed by atoms with Gasteiger partial charge in [-0.25, -0.2) is 0 Å². The molecule has 0 spiro atoms. The Balaban J connectivity index is 1.91. The second kappa shape index (κ2) is 9.74. The first-order valence-corrected chi connectivity index (χ1v) is 9.16. The summed E-state index contributed by atoms with van der Waals surface area (Å²) < 4.78 is 5.37. The highest BCUT2D eigenvalue weighted by Crippen LogP contribution is 2.18. The predicted octanol–water partition coefficient (Wildman–Crippen LogP) is 4.05. The number of carbonyl (C=O) groups excluding carboxylic acids is 1. The van der Waals surface area contributed by atoms with Crippen molar-refractivity contribution in [1.29, 1.82) is 0 Å². The summed E-state index contributed by atoms with van der Waals surface area (Å²) in [5, 5.41) is 11.5. The van der Waals surface area contributed by atoms with Crippen molar-refractivity contribution in [3.8, 4) is 5.75 Å². The lowest BCUT2D eigenvalue weighted by Crippen LogP contribution is -2.11. The number of benzene rings is 2. The lowest BCUT2D eigenvalue weighted by molar-refractivity contribution is -0.136. The molecule has 0 radical (unpaired) electrons. The van der Waals surface area contributed by atoms with E-state index in [0.717, 1.165) is 17.0 Å². The van der Waals surface area contributed by atoms with Gasteiger partial charge in [-0.1, -0.05) is 12.1 Å². The number of carboxylic acid groups (broad SMARTS) is 1. The van der Waals surface area contributed by atoms with Crippen LogP contribution in [0.25, 0.3) is 0 Å². The molecule has 5 nitrogen and oxygen atoms in total. The molecule has 132 valence electrons. The van der Waals surface area contributed by atoms with Crippen molar-refractivity contribution in [1.82, 2.24) is 0 Å². The van der Waals surface area contributed by atoms with E-state index in [-0.39, 0.29) is 12.3 Å². The molecule has 0 aromatic heterocycles. The van der Waals surface area contributed by atoms with E-state index in [2.05, 4.69) is 5.32 Å². The Morgan fingerprint density at radius 2 is 1.92 bits per heavy atom. The molecule has 2 aromatic rings. The number of carbonyl (C=O) groups is 2. The molecule has 0 unspecified atom stereocenters. The average Bonchev–Trinajstić information content (AvgIpc) is 2.60. The van der Waals surface area contributed by atoms with Gasteiger partial charge in [0.25, 0.3) is 5.91 Å². The van der Waals surface area contributed by atoms with Gasteiger partial charge in [-0.3, -0.25) is 9.59 Å². The predicted molar refractivity (Wildman–Crippen MR) is 100 cm³/mol. The van der Waals surface area contributed by atoms with Crippen LogP contribution >= 0.6 is 11.8 Å². The van der Waals surface area contributed by atoms with E-state index in [1.165, 1.54) is 0 Å². The van der Waals surface area contributed by atoms with Gasteiger partial charge < -0.3 is 15.2 Å². The number of anilines is 1. The van der Waals surface area contributed by atoms with Crippen molar-refractivity contribution in [3.05, 3.63) is 59.7 Å². The molecule has 25 heavy (non-hydrogen) atoms. The second-order valence-corrected chi connectivity index (χ2v) is 6.41. The third kappa shape index (κ3) is 6.51. The Bertz CT molecular complexity index is 716. The van der Waals surface area contributed by atoms with Crippen LogP contribution in [-0.4, -0.2) is 29.3 Å². The van der Waals surface area contributed by atoms with Gasteiger partial charge in [0.15, 0.2) is 0 Å². The Morgan fingerprint density at radius 3 is 2.60 bits per heavy atom. The lowest BCUT2D eigenvalue weighted by atomic mass is 10.2. The van der Waals surface area contributed by atoms with E-state index in [0.29, 0.717) is 23.7 Å². The Kier molecular flexibility index (Phi) is 7.35. The van der Waals surface area contributed by atoms with Crippen molar-refractivity contribution in [2.75, 3.05) is 17.7 Å². The molecule has 2 N–H and O–H groups in total.